The van der Waals surface area contributed by atoms with Gasteiger partial charge >= 0.3 is 5.97 Å². The fraction of sp³-hybridized carbons (Fsp3) is 0.0800. The maximum Gasteiger partial charge on any atom is 0.343 e. The monoisotopic (exact) mass is 390 g/mol. The van der Waals surface area contributed by atoms with E-state index in [0.29, 0.717) is 22.3 Å². The van der Waals surface area contributed by atoms with Gasteiger partial charge in [0.1, 0.15) is 5.82 Å². The SMILES string of the molecule is C=C(C)c1ccc(OC(=O)c2ccc(-c3ccc(C(=C)C)cc3F)cc2)c(F)c1. The zero-order valence-electron chi connectivity index (χ0n) is 16.3. The third-order valence-electron chi connectivity index (χ3n) is 4.52. The highest BCUT2D eigenvalue weighted by Gasteiger charge is 2.14. The fourth-order valence-corrected chi connectivity index (χ4v) is 2.81. The Balaban J connectivity index is 1.79. The van der Waals surface area contributed by atoms with Crippen LogP contribution in [0, 0.1) is 11.6 Å². The molecule has 0 aliphatic rings. The van der Waals surface area contributed by atoms with E-state index >= 15 is 0 Å². The number of ether oxygens (including phenoxy) is 1. The highest BCUT2D eigenvalue weighted by molar-refractivity contribution is 5.91. The molecule has 0 aliphatic carbocycles. The van der Waals surface area contributed by atoms with Crippen LogP contribution < -0.4 is 4.74 Å². The minimum absolute atomic E-state index is 0.162. The highest BCUT2D eigenvalue weighted by Crippen LogP contribution is 2.27. The van der Waals surface area contributed by atoms with E-state index in [-0.39, 0.29) is 17.1 Å². The molecule has 0 aromatic heterocycles. The Kier molecular flexibility index (Phi) is 5.74. The van der Waals surface area contributed by atoms with Gasteiger partial charge in [-0.05, 0) is 60.9 Å². The van der Waals surface area contributed by atoms with Crippen LogP contribution in [0.2, 0.25) is 0 Å². The topological polar surface area (TPSA) is 26.3 Å². The molecule has 29 heavy (non-hydrogen) atoms. The molecule has 3 aromatic rings. The van der Waals surface area contributed by atoms with Gasteiger partial charge in [0, 0.05) is 5.56 Å². The second kappa shape index (κ2) is 8.23. The molecule has 2 nitrogen and oxygen atoms in total. The highest BCUT2D eigenvalue weighted by atomic mass is 19.1. The lowest BCUT2D eigenvalue weighted by molar-refractivity contribution is 0.0728. The summed E-state index contributed by atoms with van der Waals surface area (Å²) in [5.74, 6) is -1.88. The van der Waals surface area contributed by atoms with Crippen molar-refractivity contribution in [3.05, 3.63) is 102 Å². The zero-order valence-corrected chi connectivity index (χ0v) is 16.3. The Bertz CT molecular complexity index is 1110. The second-order valence-electron chi connectivity index (χ2n) is 6.87. The first-order chi connectivity index (χ1) is 13.8. The predicted molar refractivity (Wildman–Crippen MR) is 113 cm³/mol. The molecule has 4 heteroatoms. The third-order valence-corrected chi connectivity index (χ3v) is 4.52. The van der Waals surface area contributed by atoms with Gasteiger partial charge in [-0.25, -0.2) is 13.6 Å². The first-order valence-electron chi connectivity index (χ1n) is 8.99. The minimum atomic E-state index is -0.698. The van der Waals surface area contributed by atoms with Crippen LogP contribution in [-0.4, -0.2) is 5.97 Å². The van der Waals surface area contributed by atoms with E-state index in [1.54, 1.807) is 37.3 Å². The minimum Gasteiger partial charge on any atom is -0.420 e. The fourth-order valence-electron chi connectivity index (χ4n) is 2.81. The Hall–Kier alpha value is -3.53. The number of benzene rings is 3. The number of carbonyl (C=O) groups excluding carboxylic acids is 1. The number of hydrogen-bond acceptors (Lipinski definition) is 2. The van der Waals surface area contributed by atoms with Crippen LogP contribution >= 0.6 is 0 Å². The van der Waals surface area contributed by atoms with Gasteiger partial charge in [-0.2, -0.15) is 0 Å². The molecule has 0 bridgehead atoms. The molecule has 0 amide bonds. The largest absolute Gasteiger partial charge is 0.420 e. The van der Waals surface area contributed by atoms with E-state index in [1.807, 2.05) is 6.92 Å². The van der Waals surface area contributed by atoms with E-state index in [9.17, 15) is 13.6 Å². The average Bonchev–Trinajstić information content (AvgIpc) is 2.69. The third kappa shape index (κ3) is 4.49. The molecule has 0 saturated carbocycles. The summed E-state index contributed by atoms with van der Waals surface area (Å²) in [5, 5.41) is 0. The summed E-state index contributed by atoms with van der Waals surface area (Å²) < 4.78 is 33.7. The molecule has 0 aliphatic heterocycles. The van der Waals surface area contributed by atoms with E-state index < -0.39 is 11.8 Å². The summed E-state index contributed by atoms with van der Waals surface area (Å²) in [4.78, 5) is 12.3. The van der Waals surface area contributed by atoms with Crippen molar-refractivity contribution in [3.8, 4) is 16.9 Å². The molecule has 0 saturated heterocycles. The van der Waals surface area contributed by atoms with Gasteiger partial charge in [0.15, 0.2) is 11.6 Å². The molecule has 0 N–H and O–H groups in total. The zero-order chi connectivity index (χ0) is 21.1. The molecule has 0 atom stereocenters. The summed E-state index contributed by atoms with van der Waals surface area (Å²) in [6, 6.07) is 15.5. The number of hydrogen-bond donors (Lipinski definition) is 0. The van der Waals surface area contributed by atoms with Crippen LogP contribution in [0.25, 0.3) is 22.3 Å². The van der Waals surface area contributed by atoms with Crippen LogP contribution in [-0.2, 0) is 0 Å². The van der Waals surface area contributed by atoms with Crippen LogP contribution in [0.15, 0.2) is 73.8 Å². The Labute approximate surface area is 168 Å². The Morgan fingerprint density at radius 3 is 1.79 bits per heavy atom. The summed E-state index contributed by atoms with van der Waals surface area (Å²) in [5.41, 5.74) is 4.10. The first kappa shape index (κ1) is 20.2. The van der Waals surface area contributed by atoms with Crippen LogP contribution in [0.1, 0.15) is 35.3 Å². The van der Waals surface area contributed by atoms with Gasteiger partial charge < -0.3 is 4.74 Å². The molecule has 3 aromatic carbocycles. The molecular formula is C25H20F2O2. The maximum atomic E-state index is 14.4. The van der Waals surface area contributed by atoms with E-state index in [0.717, 1.165) is 11.1 Å². The molecule has 3 rings (SSSR count). The van der Waals surface area contributed by atoms with Gasteiger partial charge in [-0.15, -0.1) is 0 Å². The lowest BCUT2D eigenvalue weighted by Gasteiger charge is -2.09. The number of carbonyl (C=O) groups is 1. The predicted octanol–water partition coefficient (Wildman–Crippen LogP) is 6.92. The number of esters is 1. The number of halogens is 2. The molecule has 0 unspecified atom stereocenters. The van der Waals surface area contributed by atoms with Crippen LogP contribution in [0.3, 0.4) is 0 Å². The standard InChI is InChI=1S/C25H20F2O2/c1-15(2)19-9-11-21(22(26)13-19)17-5-7-18(8-6-17)25(28)29-24-12-10-20(16(3)4)14-23(24)27/h5-14H,1,3H2,2,4H3. The van der Waals surface area contributed by atoms with E-state index in [4.69, 9.17) is 4.74 Å². The quantitative estimate of drug-likeness (QED) is 0.349. The van der Waals surface area contributed by atoms with Crippen LogP contribution in [0.5, 0.6) is 5.75 Å². The van der Waals surface area contributed by atoms with Gasteiger partial charge in [-0.1, -0.05) is 54.6 Å². The van der Waals surface area contributed by atoms with Crippen molar-refractivity contribution in [1.29, 1.82) is 0 Å². The van der Waals surface area contributed by atoms with Gasteiger partial charge in [0.05, 0.1) is 5.56 Å². The molecule has 0 spiro atoms. The van der Waals surface area contributed by atoms with Crippen molar-refractivity contribution < 1.29 is 18.3 Å². The van der Waals surface area contributed by atoms with Crippen molar-refractivity contribution in [3.63, 3.8) is 0 Å². The molecule has 0 radical (unpaired) electrons. The van der Waals surface area contributed by atoms with Crippen molar-refractivity contribution in [2.24, 2.45) is 0 Å². The lowest BCUT2D eigenvalue weighted by Crippen LogP contribution is -2.09. The number of allylic oxidation sites excluding steroid dienone is 2. The van der Waals surface area contributed by atoms with Crippen molar-refractivity contribution in [1.82, 2.24) is 0 Å². The maximum absolute atomic E-state index is 14.4. The Morgan fingerprint density at radius 1 is 0.759 bits per heavy atom. The van der Waals surface area contributed by atoms with Gasteiger partial charge in [0.25, 0.3) is 0 Å². The summed E-state index contributed by atoms with van der Waals surface area (Å²) in [7, 11) is 0. The van der Waals surface area contributed by atoms with Crippen molar-refractivity contribution in [2.45, 2.75) is 13.8 Å². The summed E-state index contributed by atoms with van der Waals surface area (Å²) in [6.45, 7) is 11.1. The normalized spacial score (nSPS) is 10.5. The smallest absolute Gasteiger partial charge is 0.343 e. The van der Waals surface area contributed by atoms with Gasteiger partial charge in [-0.3, -0.25) is 0 Å². The van der Waals surface area contributed by atoms with Gasteiger partial charge in [0.2, 0.25) is 0 Å². The molecule has 0 fully saturated rings. The lowest BCUT2D eigenvalue weighted by atomic mass is 10.00. The number of rotatable bonds is 5. The molecule has 146 valence electrons. The average molecular weight is 390 g/mol. The van der Waals surface area contributed by atoms with E-state index in [1.165, 1.54) is 30.3 Å². The van der Waals surface area contributed by atoms with Crippen LogP contribution in [0.4, 0.5) is 8.78 Å². The van der Waals surface area contributed by atoms with Crippen molar-refractivity contribution >= 4 is 17.1 Å². The summed E-state index contributed by atoms with van der Waals surface area (Å²) >= 11 is 0. The Morgan fingerprint density at radius 2 is 1.28 bits per heavy atom. The first-order valence-corrected chi connectivity index (χ1v) is 8.99. The second-order valence-corrected chi connectivity index (χ2v) is 6.87. The summed E-state index contributed by atoms with van der Waals surface area (Å²) in [6.07, 6.45) is 0. The molecule has 0 heterocycles. The van der Waals surface area contributed by atoms with Crippen molar-refractivity contribution in [2.75, 3.05) is 0 Å². The molecular weight excluding hydrogens is 370 g/mol. The van der Waals surface area contributed by atoms with E-state index in [2.05, 4.69) is 13.2 Å².